The molecule has 5 nitrogen and oxygen atoms in total. The minimum Gasteiger partial charge on any atom is -0.481 e. The van der Waals surface area contributed by atoms with E-state index >= 15 is 0 Å². The maximum Gasteiger partial charge on any atom is 0.312 e. The minimum absolute atomic E-state index is 0.0495. The summed E-state index contributed by atoms with van der Waals surface area (Å²) in [5, 5.41) is 8.53. The maximum absolute atomic E-state index is 11.5. The lowest BCUT2D eigenvalue weighted by Crippen LogP contribution is -2.54. The van der Waals surface area contributed by atoms with Gasteiger partial charge in [0, 0.05) is 13.1 Å². The summed E-state index contributed by atoms with van der Waals surface area (Å²) >= 11 is 0. The molecule has 1 atom stereocenters. The lowest BCUT2D eigenvalue weighted by atomic mass is 10.1. The first-order valence-corrected chi connectivity index (χ1v) is 4.97. The van der Waals surface area contributed by atoms with Crippen LogP contribution >= 0.6 is 0 Å². The van der Waals surface area contributed by atoms with Crippen molar-refractivity contribution >= 4 is 11.9 Å². The van der Waals surface area contributed by atoms with Gasteiger partial charge in [0.2, 0.25) is 5.91 Å². The van der Waals surface area contributed by atoms with E-state index in [9.17, 15) is 9.59 Å². The van der Waals surface area contributed by atoms with Crippen LogP contribution in [0.25, 0.3) is 0 Å². The molecule has 1 amide bonds. The second kappa shape index (κ2) is 4.18. The molecule has 0 radical (unpaired) electrons. The Morgan fingerprint density at radius 3 is 2.60 bits per heavy atom. The van der Waals surface area contributed by atoms with Crippen LogP contribution in [-0.2, 0) is 14.3 Å². The molecule has 0 aliphatic carbocycles. The number of carbonyl (C=O) groups is 2. The van der Waals surface area contributed by atoms with E-state index in [1.807, 2.05) is 20.8 Å². The average molecular weight is 215 g/mol. The van der Waals surface area contributed by atoms with Gasteiger partial charge in [0.1, 0.15) is 6.42 Å². The Labute approximate surface area is 89.0 Å². The first-order valence-electron chi connectivity index (χ1n) is 4.97. The predicted octanol–water partition coefficient (Wildman–Crippen LogP) is 0.487. The van der Waals surface area contributed by atoms with Gasteiger partial charge in [-0.2, -0.15) is 0 Å². The summed E-state index contributed by atoms with van der Waals surface area (Å²) < 4.78 is 5.62. The van der Waals surface area contributed by atoms with Gasteiger partial charge >= 0.3 is 5.97 Å². The maximum atomic E-state index is 11.5. The molecule has 1 rings (SSSR count). The van der Waals surface area contributed by atoms with Gasteiger partial charge in [-0.3, -0.25) is 9.59 Å². The number of aliphatic carboxylic acids is 1. The van der Waals surface area contributed by atoms with E-state index in [2.05, 4.69) is 0 Å². The van der Waals surface area contributed by atoms with Crippen LogP contribution in [-0.4, -0.2) is 46.7 Å². The molecule has 1 heterocycles. The quantitative estimate of drug-likeness (QED) is 0.681. The van der Waals surface area contributed by atoms with Crippen molar-refractivity contribution in [3.8, 4) is 0 Å². The molecule has 0 bridgehead atoms. The Hall–Kier alpha value is -1.10. The number of ether oxygens (including phenoxy) is 1. The van der Waals surface area contributed by atoms with Crippen molar-refractivity contribution in [3.63, 3.8) is 0 Å². The van der Waals surface area contributed by atoms with E-state index in [0.29, 0.717) is 13.1 Å². The van der Waals surface area contributed by atoms with E-state index < -0.39 is 18.0 Å². The topological polar surface area (TPSA) is 66.8 Å². The zero-order chi connectivity index (χ0) is 11.6. The molecular weight excluding hydrogens is 198 g/mol. The fraction of sp³-hybridized carbons (Fsp3) is 0.800. The Morgan fingerprint density at radius 2 is 2.13 bits per heavy atom. The van der Waals surface area contributed by atoms with Crippen molar-refractivity contribution in [2.24, 2.45) is 0 Å². The zero-order valence-electron chi connectivity index (χ0n) is 9.32. The van der Waals surface area contributed by atoms with Crippen molar-refractivity contribution in [3.05, 3.63) is 0 Å². The Balaban J connectivity index is 2.62. The minimum atomic E-state index is -1.09. The lowest BCUT2D eigenvalue weighted by molar-refractivity contribution is -0.161. The van der Waals surface area contributed by atoms with E-state index in [0.717, 1.165) is 0 Å². The van der Waals surface area contributed by atoms with E-state index in [1.165, 1.54) is 0 Å². The summed E-state index contributed by atoms with van der Waals surface area (Å²) in [5.74, 6) is -1.43. The van der Waals surface area contributed by atoms with Crippen molar-refractivity contribution in [1.29, 1.82) is 0 Å². The zero-order valence-corrected chi connectivity index (χ0v) is 9.32. The molecule has 1 aliphatic heterocycles. The molecule has 0 aromatic carbocycles. The number of carbonyl (C=O) groups excluding carboxylic acids is 1. The Kier molecular flexibility index (Phi) is 3.34. The molecule has 0 aromatic heterocycles. The van der Waals surface area contributed by atoms with Gasteiger partial charge in [0.05, 0.1) is 11.7 Å². The van der Waals surface area contributed by atoms with Crippen molar-refractivity contribution in [1.82, 2.24) is 4.90 Å². The predicted molar refractivity (Wildman–Crippen MR) is 53.5 cm³/mol. The summed E-state index contributed by atoms with van der Waals surface area (Å²) in [7, 11) is 0. The van der Waals surface area contributed by atoms with E-state index in [-0.39, 0.29) is 12.0 Å². The number of amides is 1. The fourth-order valence-corrected chi connectivity index (χ4v) is 1.88. The largest absolute Gasteiger partial charge is 0.481 e. The number of rotatable bonds is 2. The third kappa shape index (κ3) is 3.51. The molecule has 86 valence electrons. The van der Waals surface area contributed by atoms with Crippen LogP contribution in [0, 0.1) is 0 Å². The van der Waals surface area contributed by atoms with Crippen molar-refractivity contribution in [2.75, 3.05) is 13.1 Å². The van der Waals surface area contributed by atoms with E-state index in [1.54, 1.807) is 4.90 Å². The van der Waals surface area contributed by atoms with Crippen LogP contribution in [0.4, 0.5) is 0 Å². The number of hydrogen-bond donors (Lipinski definition) is 1. The van der Waals surface area contributed by atoms with Gasteiger partial charge in [-0.1, -0.05) is 0 Å². The molecule has 1 N–H and O–H groups in total. The van der Waals surface area contributed by atoms with Crippen LogP contribution < -0.4 is 0 Å². The highest BCUT2D eigenvalue weighted by molar-refractivity contribution is 5.93. The van der Waals surface area contributed by atoms with Crippen LogP contribution in [0.15, 0.2) is 0 Å². The summed E-state index contributed by atoms with van der Waals surface area (Å²) in [6.07, 6.45) is -0.491. The lowest BCUT2D eigenvalue weighted by Gasteiger charge is -2.41. The van der Waals surface area contributed by atoms with Crippen molar-refractivity contribution < 1.29 is 19.4 Å². The molecule has 1 aliphatic rings. The van der Waals surface area contributed by atoms with Crippen LogP contribution in [0.5, 0.6) is 0 Å². The summed E-state index contributed by atoms with van der Waals surface area (Å²) in [4.78, 5) is 23.5. The molecule has 1 saturated heterocycles. The first-order chi connectivity index (χ1) is 6.80. The Bertz CT molecular complexity index is 275. The monoisotopic (exact) mass is 215 g/mol. The second-order valence-electron chi connectivity index (χ2n) is 4.53. The van der Waals surface area contributed by atoms with Gasteiger partial charge in [-0.15, -0.1) is 0 Å². The van der Waals surface area contributed by atoms with Gasteiger partial charge in [-0.25, -0.2) is 0 Å². The number of carboxylic acids is 1. The van der Waals surface area contributed by atoms with Gasteiger partial charge in [-0.05, 0) is 20.8 Å². The van der Waals surface area contributed by atoms with Gasteiger partial charge in [0.25, 0.3) is 0 Å². The smallest absolute Gasteiger partial charge is 0.312 e. The Morgan fingerprint density at radius 1 is 1.53 bits per heavy atom. The average Bonchev–Trinajstić information content (AvgIpc) is 1.98. The van der Waals surface area contributed by atoms with Gasteiger partial charge in [0.15, 0.2) is 0 Å². The highest BCUT2D eigenvalue weighted by Crippen LogP contribution is 2.21. The van der Waals surface area contributed by atoms with Crippen LogP contribution in [0.3, 0.4) is 0 Å². The standard InChI is InChI=1S/C10H17NO4/c1-7-5-11(6-10(2,3)15-7)8(12)4-9(13)14/h7H,4-6H2,1-3H3,(H,13,14). The molecular formula is C10H17NO4. The molecule has 5 heteroatoms. The number of nitrogens with zero attached hydrogens (tertiary/aromatic N) is 1. The molecule has 0 spiro atoms. The fourth-order valence-electron chi connectivity index (χ4n) is 1.88. The molecule has 0 saturated carbocycles. The molecule has 15 heavy (non-hydrogen) atoms. The van der Waals surface area contributed by atoms with Gasteiger partial charge < -0.3 is 14.7 Å². The van der Waals surface area contributed by atoms with Crippen LogP contribution in [0.1, 0.15) is 27.2 Å². The highest BCUT2D eigenvalue weighted by Gasteiger charge is 2.33. The van der Waals surface area contributed by atoms with Crippen molar-refractivity contribution in [2.45, 2.75) is 38.9 Å². The summed E-state index contributed by atoms with van der Waals surface area (Å²) in [5.41, 5.74) is -0.397. The van der Waals surface area contributed by atoms with Crippen LogP contribution in [0.2, 0.25) is 0 Å². The summed E-state index contributed by atoms with van der Waals surface area (Å²) in [6.45, 7) is 6.58. The normalized spacial score (nSPS) is 25.0. The van der Waals surface area contributed by atoms with E-state index in [4.69, 9.17) is 9.84 Å². The number of morpholine rings is 1. The molecule has 0 aromatic rings. The first kappa shape index (κ1) is 12.0. The highest BCUT2D eigenvalue weighted by atomic mass is 16.5. The molecule has 1 unspecified atom stereocenters. The SMILES string of the molecule is CC1CN(C(=O)CC(=O)O)CC(C)(C)O1. The third-order valence-corrected chi connectivity index (χ3v) is 2.22. The third-order valence-electron chi connectivity index (χ3n) is 2.22. The second-order valence-corrected chi connectivity index (χ2v) is 4.53. The number of hydrogen-bond acceptors (Lipinski definition) is 3. The summed E-state index contributed by atoms with van der Waals surface area (Å²) in [6, 6.07) is 0. The molecule has 1 fully saturated rings. The number of carboxylic acid groups (broad SMARTS) is 1.